The molecule has 0 unspecified atom stereocenters. The molecule has 1 aliphatic carbocycles. The molecular weight excluding hydrogens is 336 g/mol. The Morgan fingerprint density at radius 3 is 2.24 bits per heavy atom. The van der Waals surface area contributed by atoms with E-state index in [2.05, 4.69) is 43.5 Å². The fraction of sp³-hybridized carbons (Fsp3) is 0.667. The summed E-state index contributed by atoms with van der Waals surface area (Å²) in [6, 6.07) is 10.5. The van der Waals surface area contributed by atoms with Crippen LogP contribution in [0.4, 0.5) is 5.69 Å². The van der Waals surface area contributed by atoms with Gasteiger partial charge in [-0.3, -0.25) is 4.90 Å². The summed E-state index contributed by atoms with van der Waals surface area (Å²) in [5.41, 5.74) is 1.24. The van der Waals surface area contributed by atoms with Crippen molar-refractivity contribution >= 4 is 15.9 Å². The fourth-order valence-corrected chi connectivity index (χ4v) is 4.80. The Kier molecular flexibility index (Phi) is 5.99. The molecule has 1 aromatic carbocycles. The lowest BCUT2D eigenvalue weighted by Gasteiger charge is -2.50. The Labute approximate surface area is 151 Å². The first-order valence-corrected chi connectivity index (χ1v) is 10.8. The minimum Gasteiger partial charge on any atom is -0.369 e. The normalized spacial score (nSPS) is 22.0. The molecule has 1 aliphatic heterocycles. The Bertz CT molecular complexity index is 636. The number of nitrogens with one attached hydrogen (secondary N) is 2. The van der Waals surface area contributed by atoms with Gasteiger partial charge in [0.2, 0.25) is 0 Å². The standard InChI is InChI=1S/C18H30N4O2S/c1-19-25(23,24)20-16-18(10-6-3-7-11-18)22-14-12-21(13-15-22)17-8-4-2-5-9-17/h2,4-5,8-9,19-20H,3,6-7,10-16H2,1H3. The maximum atomic E-state index is 11.9. The average molecular weight is 367 g/mol. The van der Waals surface area contributed by atoms with Crippen molar-refractivity contribution in [2.75, 3.05) is 44.7 Å². The molecule has 2 fully saturated rings. The van der Waals surface area contributed by atoms with E-state index in [4.69, 9.17) is 0 Å². The van der Waals surface area contributed by atoms with E-state index in [-0.39, 0.29) is 5.54 Å². The maximum Gasteiger partial charge on any atom is 0.276 e. The third-order valence-corrected chi connectivity index (χ3v) is 6.78. The molecule has 0 amide bonds. The largest absolute Gasteiger partial charge is 0.369 e. The number of hydrogen-bond acceptors (Lipinski definition) is 4. The third kappa shape index (κ3) is 4.53. The summed E-state index contributed by atoms with van der Waals surface area (Å²) in [7, 11) is -1.93. The number of piperazine rings is 1. The van der Waals surface area contributed by atoms with Gasteiger partial charge in [-0.2, -0.15) is 8.42 Å². The van der Waals surface area contributed by atoms with Crippen molar-refractivity contribution in [2.24, 2.45) is 0 Å². The van der Waals surface area contributed by atoms with E-state index in [0.717, 1.165) is 39.0 Å². The van der Waals surface area contributed by atoms with Crippen molar-refractivity contribution in [3.05, 3.63) is 30.3 Å². The van der Waals surface area contributed by atoms with E-state index >= 15 is 0 Å². The molecule has 2 N–H and O–H groups in total. The number of hydrogen-bond donors (Lipinski definition) is 2. The van der Waals surface area contributed by atoms with Crippen LogP contribution in [-0.4, -0.2) is 58.6 Å². The monoisotopic (exact) mass is 366 g/mol. The lowest BCUT2D eigenvalue weighted by Crippen LogP contribution is -2.62. The van der Waals surface area contributed by atoms with Crippen LogP contribution in [0.5, 0.6) is 0 Å². The van der Waals surface area contributed by atoms with Gasteiger partial charge in [-0.15, -0.1) is 0 Å². The van der Waals surface area contributed by atoms with Gasteiger partial charge in [0.1, 0.15) is 0 Å². The summed E-state index contributed by atoms with van der Waals surface area (Å²) in [5.74, 6) is 0. The second-order valence-electron chi connectivity index (χ2n) is 7.12. The highest BCUT2D eigenvalue weighted by molar-refractivity contribution is 7.87. The van der Waals surface area contributed by atoms with Gasteiger partial charge in [0.15, 0.2) is 0 Å². The molecule has 6 nitrogen and oxygen atoms in total. The summed E-state index contributed by atoms with van der Waals surface area (Å²) >= 11 is 0. The quantitative estimate of drug-likeness (QED) is 0.802. The molecule has 1 saturated heterocycles. The molecule has 1 heterocycles. The van der Waals surface area contributed by atoms with E-state index in [0.29, 0.717) is 6.54 Å². The van der Waals surface area contributed by atoms with Crippen LogP contribution in [0, 0.1) is 0 Å². The minimum absolute atomic E-state index is 0.0368. The lowest BCUT2D eigenvalue weighted by atomic mass is 9.80. The van der Waals surface area contributed by atoms with Gasteiger partial charge in [-0.05, 0) is 25.0 Å². The van der Waals surface area contributed by atoms with Crippen molar-refractivity contribution in [1.29, 1.82) is 0 Å². The molecular formula is C18H30N4O2S. The molecule has 0 radical (unpaired) electrons. The van der Waals surface area contributed by atoms with Crippen LogP contribution in [-0.2, 0) is 10.2 Å². The molecule has 3 rings (SSSR count). The zero-order valence-electron chi connectivity index (χ0n) is 15.1. The van der Waals surface area contributed by atoms with Crippen molar-refractivity contribution in [2.45, 2.75) is 37.6 Å². The predicted molar refractivity (Wildman–Crippen MR) is 102 cm³/mol. The van der Waals surface area contributed by atoms with Crippen molar-refractivity contribution < 1.29 is 8.42 Å². The third-order valence-electron chi connectivity index (χ3n) is 5.72. The van der Waals surface area contributed by atoms with Crippen molar-refractivity contribution in [1.82, 2.24) is 14.3 Å². The molecule has 1 aromatic rings. The van der Waals surface area contributed by atoms with E-state index < -0.39 is 10.2 Å². The molecule has 7 heteroatoms. The van der Waals surface area contributed by atoms with E-state index in [1.807, 2.05) is 6.07 Å². The number of benzene rings is 1. The number of para-hydroxylation sites is 1. The van der Waals surface area contributed by atoms with Crippen molar-refractivity contribution in [3.8, 4) is 0 Å². The Balaban J connectivity index is 1.66. The predicted octanol–water partition coefficient (Wildman–Crippen LogP) is 1.57. The molecule has 25 heavy (non-hydrogen) atoms. The summed E-state index contributed by atoms with van der Waals surface area (Å²) in [5, 5.41) is 0. The van der Waals surface area contributed by atoms with Crippen LogP contribution in [0.25, 0.3) is 0 Å². The number of rotatable bonds is 6. The Morgan fingerprint density at radius 2 is 1.64 bits per heavy atom. The molecule has 0 spiro atoms. The Hall–Kier alpha value is -1.15. The molecule has 2 aliphatic rings. The molecule has 0 aromatic heterocycles. The zero-order chi connectivity index (χ0) is 17.8. The summed E-state index contributed by atoms with van der Waals surface area (Å²) < 4.78 is 28.8. The highest BCUT2D eigenvalue weighted by atomic mass is 32.2. The van der Waals surface area contributed by atoms with Gasteiger partial charge in [0.05, 0.1) is 0 Å². The van der Waals surface area contributed by atoms with Gasteiger partial charge in [-0.25, -0.2) is 9.44 Å². The van der Waals surface area contributed by atoms with Crippen LogP contribution in [0.2, 0.25) is 0 Å². The molecule has 140 valence electrons. The summed E-state index contributed by atoms with van der Waals surface area (Å²) in [4.78, 5) is 4.95. The van der Waals surface area contributed by atoms with E-state index in [9.17, 15) is 8.42 Å². The number of nitrogens with zero attached hydrogens (tertiary/aromatic N) is 2. The van der Waals surface area contributed by atoms with Gasteiger partial charge < -0.3 is 4.90 Å². The highest BCUT2D eigenvalue weighted by Gasteiger charge is 2.39. The minimum atomic E-state index is -3.39. The van der Waals surface area contributed by atoms with Crippen LogP contribution in [0.15, 0.2) is 30.3 Å². The Morgan fingerprint density at radius 1 is 1.00 bits per heavy atom. The van der Waals surface area contributed by atoms with Gasteiger partial charge in [0, 0.05) is 51.0 Å². The fourth-order valence-electron chi connectivity index (χ4n) is 4.19. The topological polar surface area (TPSA) is 64.7 Å². The summed E-state index contributed by atoms with van der Waals surface area (Å²) in [6.45, 7) is 4.45. The second kappa shape index (κ2) is 8.03. The first-order chi connectivity index (χ1) is 12.0. The molecule has 0 bridgehead atoms. The molecule has 1 saturated carbocycles. The first-order valence-electron chi connectivity index (χ1n) is 9.28. The van der Waals surface area contributed by atoms with Gasteiger partial charge in [-0.1, -0.05) is 37.5 Å². The smallest absolute Gasteiger partial charge is 0.276 e. The molecule has 0 atom stereocenters. The second-order valence-corrected chi connectivity index (χ2v) is 8.83. The van der Waals surface area contributed by atoms with E-state index in [1.165, 1.54) is 32.0 Å². The van der Waals surface area contributed by atoms with Crippen LogP contribution < -0.4 is 14.3 Å². The zero-order valence-corrected chi connectivity index (χ0v) is 15.9. The van der Waals surface area contributed by atoms with E-state index in [1.54, 1.807) is 0 Å². The lowest BCUT2D eigenvalue weighted by molar-refractivity contribution is 0.0488. The number of anilines is 1. The summed E-state index contributed by atoms with van der Waals surface area (Å²) in [6.07, 6.45) is 5.76. The van der Waals surface area contributed by atoms with Crippen LogP contribution in [0.1, 0.15) is 32.1 Å². The van der Waals surface area contributed by atoms with Crippen LogP contribution in [0.3, 0.4) is 0 Å². The van der Waals surface area contributed by atoms with Gasteiger partial charge in [0.25, 0.3) is 10.2 Å². The van der Waals surface area contributed by atoms with Crippen LogP contribution >= 0.6 is 0 Å². The SMILES string of the molecule is CNS(=O)(=O)NCC1(N2CCN(c3ccccc3)CC2)CCCCC1. The maximum absolute atomic E-state index is 11.9. The first kappa shape index (κ1) is 18.6. The van der Waals surface area contributed by atoms with Crippen molar-refractivity contribution in [3.63, 3.8) is 0 Å². The van der Waals surface area contributed by atoms with Gasteiger partial charge >= 0.3 is 0 Å². The highest BCUT2D eigenvalue weighted by Crippen LogP contribution is 2.34. The average Bonchev–Trinajstić information content (AvgIpc) is 2.68.